The highest BCUT2D eigenvalue weighted by Crippen LogP contribution is 2.28. The van der Waals surface area contributed by atoms with Crippen molar-refractivity contribution in [3.63, 3.8) is 0 Å². The molecule has 1 amide bonds. The molecule has 3 atom stereocenters. The Hall–Kier alpha value is -2.16. The number of carboxylic acid groups (broad SMARTS) is 1. The van der Waals surface area contributed by atoms with E-state index in [0.717, 1.165) is 13.0 Å². The fraction of sp³-hybridized carbons (Fsp3) is 0.467. The zero-order valence-electron chi connectivity index (χ0n) is 13.0. The molecule has 0 aliphatic heterocycles. The molecule has 0 bridgehead atoms. The van der Waals surface area contributed by atoms with Crippen LogP contribution in [0.15, 0.2) is 18.2 Å². The van der Waals surface area contributed by atoms with E-state index in [2.05, 4.69) is 0 Å². The number of aliphatic carboxylic acids is 1. The van der Waals surface area contributed by atoms with Crippen molar-refractivity contribution in [2.45, 2.75) is 32.5 Å². The number of rotatable bonds is 6. The molecule has 0 unspecified atom stereocenters. The highest BCUT2D eigenvalue weighted by Gasteiger charge is 2.42. The number of benzene rings is 1. The molecule has 1 aromatic rings. The van der Waals surface area contributed by atoms with Crippen molar-refractivity contribution in [1.82, 2.24) is 0 Å². The SMILES string of the molecule is C[C@H](Cc1ccc(F)c(NC(=O)[C@@H](N)[C@@H](C)C(F)(F)F)c1)C(=O)O. The smallest absolute Gasteiger partial charge is 0.393 e. The summed E-state index contributed by atoms with van der Waals surface area (Å²) in [5.74, 6) is -5.93. The van der Waals surface area contributed by atoms with E-state index >= 15 is 0 Å². The van der Waals surface area contributed by atoms with E-state index in [9.17, 15) is 27.2 Å². The second kappa shape index (κ2) is 7.61. The van der Waals surface area contributed by atoms with Gasteiger partial charge >= 0.3 is 12.1 Å². The Bertz CT molecular complexity index is 619. The molecule has 0 aliphatic carbocycles. The third-order valence-corrected chi connectivity index (χ3v) is 3.61. The van der Waals surface area contributed by atoms with Crippen LogP contribution >= 0.6 is 0 Å². The zero-order valence-corrected chi connectivity index (χ0v) is 13.0. The predicted molar refractivity (Wildman–Crippen MR) is 78.7 cm³/mol. The molecule has 4 N–H and O–H groups in total. The molecule has 1 rings (SSSR count). The molecule has 1 aromatic carbocycles. The fourth-order valence-corrected chi connectivity index (χ4v) is 1.88. The third kappa shape index (κ3) is 5.19. The second-order valence-electron chi connectivity index (χ2n) is 5.60. The number of alkyl halides is 3. The quantitative estimate of drug-likeness (QED) is 0.688. The molecule has 9 heteroatoms. The molecule has 134 valence electrons. The maximum Gasteiger partial charge on any atom is 0.393 e. The molecule has 0 radical (unpaired) electrons. The lowest BCUT2D eigenvalue weighted by Gasteiger charge is -2.22. The summed E-state index contributed by atoms with van der Waals surface area (Å²) in [5, 5.41) is 10.9. The van der Waals surface area contributed by atoms with Gasteiger partial charge in [-0.25, -0.2) is 4.39 Å². The number of halogens is 4. The number of amides is 1. The molecule has 5 nitrogen and oxygen atoms in total. The Balaban J connectivity index is 2.90. The van der Waals surface area contributed by atoms with E-state index in [-0.39, 0.29) is 12.1 Å². The topological polar surface area (TPSA) is 92.4 Å². The van der Waals surface area contributed by atoms with Gasteiger partial charge in [0.1, 0.15) is 5.82 Å². The van der Waals surface area contributed by atoms with Crippen molar-refractivity contribution >= 4 is 17.6 Å². The highest BCUT2D eigenvalue weighted by molar-refractivity contribution is 5.95. The van der Waals surface area contributed by atoms with Crippen molar-refractivity contribution in [2.75, 3.05) is 5.32 Å². The molecular weight excluding hydrogens is 332 g/mol. The first-order chi connectivity index (χ1) is 10.9. The van der Waals surface area contributed by atoms with Gasteiger partial charge in [0.15, 0.2) is 0 Å². The first-order valence-electron chi connectivity index (χ1n) is 7.08. The lowest BCUT2D eigenvalue weighted by atomic mass is 10.00. The Morgan fingerprint density at radius 3 is 2.38 bits per heavy atom. The minimum Gasteiger partial charge on any atom is -0.481 e. The van der Waals surface area contributed by atoms with Crippen LogP contribution in [-0.2, 0) is 16.0 Å². The summed E-state index contributed by atoms with van der Waals surface area (Å²) in [4.78, 5) is 22.6. The maximum absolute atomic E-state index is 13.7. The van der Waals surface area contributed by atoms with Crippen LogP contribution in [0.2, 0.25) is 0 Å². The van der Waals surface area contributed by atoms with Gasteiger partial charge in [-0.15, -0.1) is 0 Å². The first-order valence-corrected chi connectivity index (χ1v) is 7.08. The summed E-state index contributed by atoms with van der Waals surface area (Å²) < 4.78 is 51.4. The summed E-state index contributed by atoms with van der Waals surface area (Å²) in [6.07, 6.45) is -4.59. The Kier molecular flexibility index (Phi) is 6.30. The molecule has 0 fully saturated rings. The fourth-order valence-electron chi connectivity index (χ4n) is 1.88. The van der Waals surface area contributed by atoms with E-state index in [1.54, 1.807) is 0 Å². The number of hydrogen-bond acceptors (Lipinski definition) is 3. The van der Waals surface area contributed by atoms with E-state index < -0.39 is 41.7 Å². The van der Waals surface area contributed by atoms with Crippen LogP contribution in [0, 0.1) is 17.7 Å². The average Bonchev–Trinajstić information content (AvgIpc) is 2.47. The van der Waals surface area contributed by atoms with Gasteiger partial charge in [-0.1, -0.05) is 19.9 Å². The van der Waals surface area contributed by atoms with Gasteiger partial charge in [0.25, 0.3) is 0 Å². The molecule has 0 spiro atoms. The largest absolute Gasteiger partial charge is 0.481 e. The van der Waals surface area contributed by atoms with Gasteiger partial charge in [0, 0.05) is 0 Å². The van der Waals surface area contributed by atoms with E-state index in [1.807, 2.05) is 5.32 Å². The maximum atomic E-state index is 13.7. The molecule has 24 heavy (non-hydrogen) atoms. The normalized spacial score (nSPS) is 15.5. The number of nitrogens with two attached hydrogens (primary N) is 1. The monoisotopic (exact) mass is 350 g/mol. The summed E-state index contributed by atoms with van der Waals surface area (Å²) in [7, 11) is 0. The molecular formula is C15H18F4N2O3. The lowest BCUT2D eigenvalue weighted by Crippen LogP contribution is -2.46. The van der Waals surface area contributed by atoms with Crippen molar-refractivity contribution in [3.05, 3.63) is 29.6 Å². The van der Waals surface area contributed by atoms with Gasteiger partial charge in [-0.05, 0) is 24.1 Å². The van der Waals surface area contributed by atoms with Crippen LogP contribution in [0.1, 0.15) is 19.4 Å². The minimum absolute atomic E-state index is 0.0729. The molecule has 0 saturated carbocycles. The van der Waals surface area contributed by atoms with Crippen molar-refractivity contribution in [2.24, 2.45) is 17.6 Å². The molecule has 0 aliphatic rings. The van der Waals surface area contributed by atoms with Crippen molar-refractivity contribution in [3.8, 4) is 0 Å². The minimum atomic E-state index is -4.66. The number of carbonyl (C=O) groups excluding carboxylic acids is 1. The average molecular weight is 350 g/mol. The first kappa shape index (κ1) is 19.9. The van der Waals surface area contributed by atoms with Crippen LogP contribution in [-0.4, -0.2) is 29.2 Å². The summed E-state index contributed by atoms with van der Waals surface area (Å²) in [6.45, 7) is 2.20. The van der Waals surface area contributed by atoms with E-state index in [1.165, 1.54) is 19.1 Å². The van der Waals surface area contributed by atoms with Crippen LogP contribution in [0.4, 0.5) is 23.2 Å². The second-order valence-corrected chi connectivity index (χ2v) is 5.60. The van der Waals surface area contributed by atoms with Crippen LogP contribution < -0.4 is 11.1 Å². The Labute approximate surface area is 135 Å². The van der Waals surface area contributed by atoms with Gasteiger partial charge in [0.05, 0.1) is 23.6 Å². The number of carbonyl (C=O) groups is 2. The van der Waals surface area contributed by atoms with Crippen LogP contribution in [0.25, 0.3) is 0 Å². The summed E-state index contributed by atoms with van der Waals surface area (Å²) in [5.41, 5.74) is 5.34. The third-order valence-electron chi connectivity index (χ3n) is 3.61. The van der Waals surface area contributed by atoms with Gasteiger partial charge < -0.3 is 16.2 Å². The molecule has 0 heterocycles. The zero-order chi connectivity index (χ0) is 18.7. The number of carboxylic acids is 1. The van der Waals surface area contributed by atoms with Crippen molar-refractivity contribution < 1.29 is 32.3 Å². The van der Waals surface area contributed by atoms with Gasteiger partial charge in [-0.3, -0.25) is 9.59 Å². The number of anilines is 1. The Morgan fingerprint density at radius 2 is 1.88 bits per heavy atom. The lowest BCUT2D eigenvalue weighted by molar-refractivity contribution is -0.176. The van der Waals surface area contributed by atoms with Crippen molar-refractivity contribution in [1.29, 1.82) is 0 Å². The molecule has 0 aromatic heterocycles. The molecule has 0 saturated heterocycles. The highest BCUT2D eigenvalue weighted by atomic mass is 19.4. The van der Waals surface area contributed by atoms with Gasteiger partial charge in [0.2, 0.25) is 5.91 Å². The summed E-state index contributed by atoms with van der Waals surface area (Å²) >= 11 is 0. The van der Waals surface area contributed by atoms with E-state index in [4.69, 9.17) is 10.8 Å². The predicted octanol–water partition coefficient (Wildman–Crippen LogP) is 2.55. The van der Waals surface area contributed by atoms with Gasteiger partial charge in [-0.2, -0.15) is 13.2 Å². The number of nitrogens with one attached hydrogen (secondary N) is 1. The standard InChI is InChI=1S/C15H18F4N2O3/c1-7(14(23)24)5-9-3-4-10(16)11(6-9)21-13(22)12(20)8(2)15(17,18)19/h3-4,6-8,12H,5,20H2,1-2H3,(H,21,22)(H,23,24)/t7-,8-,12+/m1/s1. The van der Waals surface area contributed by atoms with Crippen LogP contribution in [0.3, 0.4) is 0 Å². The van der Waals surface area contributed by atoms with Crippen LogP contribution in [0.5, 0.6) is 0 Å². The number of hydrogen-bond donors (Lipinski definition) is 3. The summed E-state index contributed by atoms with van der Waals surface area (Å²) in [6, 6.07) is 1.62. The van der Waals surface area contributed by atoms with E-state index in [0.29, 0.717) is 5.56 Å². The Morgan fingerprint density at radius 1 is 1.29 bits per heavy atom.